The summed E-state index contributed by atoms with van der Waals surface area (Å²) >= 11 is 13.9. The lowest BCUT2D eigenvalue weighted by Gasteiger charge is -2.07. The third-order valence-corrected chi connectivity index (χ3v) is 4.51. The van der Waals surface area contributed by atoms with Crippen molar-refractivity contribution < 1.29 is 4.79 Å². The first-order valence-corrected chi connectivity index (χ1v) is 7.33. The second-order valence-corrected chi connectivity index (χ2v) is 6.02. The zero-order valence-corrected chi connectivity index (χ0v) is 13.7. The standard InChI is InChI=1S/C14H10Cl2INO/c1-8-2-3-9(6-13(8)17)14(19)18-10-4-5-11(15)12(16)7-10/h2-7H,1H3,(H,18,19). The van der Waals surface area contributed by atoms with E-state index in [1.807, 2.05) is 19.1 Å². The Hall–Kier alpha value is -0.780. The van der Waals surface area contributed by atoms with Crippen molar-refractivity contribution in [2.24, 2.45) is 0 Å². The van der Waals surface area contributed by atoms with Crippen LogP contribution in [0.15, 0.2) is 36.4 Å². The molecule has 0 atom stereocenters. The highest BCUT2D eigenvalue weighted by atomic mass is 127. The minimum absolute atomic E-state index is 0.170. The van der Waals surface area contributed by atoms with Gasteiger partial charge < -0.3 is 5.32 Å². The first kappa shape index (κ1) is 14.6. The number of hydrogen-bond acceptors (Lipinski definition) is 1. The van der Waals surface area contributed by atoms with Crippen LogP contribution in [0.4, 0.5) is 5.69 Å². The lowest BCUT2D eigenvalue weighted by atomic mass is 10.1. The normalized spacial score (nSPS) is 10.3. The van der Waals surface area contributed by atoms with Crippen molar-refractivity contribution in [1.82, 2.24) is 0 Å². The molecule has 0 fully saturated rings. The Kier molecular flexibility index (Phi) is 4.71. The Morgan fingerprint density at radius 1 is 1.11 bits per heavy atom. The molecule has 0 radical (unpaired) electrons. The van der Waals surface area contributed by atoms with Crippen LogP contribution in [0.5, 0.6) is 0 Å². The Morgan fingerprint density at radius 3 is 2.47 bits per heavy atom. The fraction of sp³-hybridized carbons (Fsp3) is 0.0714. The summed E-state index contributed by atoms with van der Waals surface area (Å²) in [4.78, 5) is 12.1. The Balaban J connectivity index is 2.20. The van der Waals surface area contributed by atoms with Gasteiger partial charge in [0.15, 0.2) is 0 Å². The minimum atomic E-state index is -0.170. The second kappa shape index (κ2) is 6.11. The van der Waals surface area contributed by atoms with E-state index in [4.69, 9.17) is 23.2 Å². The van der Waals surface area contributed by atoms with Gasteiger partial charge >= 0.3 is 0 Å². The molecule has 0 heterocycles. The van der Waals surface area contributed by atoms with Crippen LogP contribution >= 0.6 is 45.8 Å². The van der Waals surface area contributed by atoms with Crippen LogP contribution in [-0.2, 0) is 0 Å². The molecule has 2 rings (SSSR count). The molecule has 2 aromatic carbocycles. The minimum Gasteiger partial charge on any atom is -0.322 e. The third-order valence-electron chi connectivity index (χ3n) is 2.61. The third kappa shape index (κ3) is 3.61. The van der Waals surface area contributed by atoms with Gasteiger partial charge in [0.25, 0.3) is 5.91 Å². The van der Waals surface area contributed by atoms with Crippen LogP contribution in [-0.4, -0.2) is 5.91 Å². The second-order valence-electron chi connectivity index (χ2n) is 4.05. The maximum atomic E-state index is 12.1. The smallest absolute Gasteiger partial charge is 0.255 e. The number of aryl methyl sites for hydroxylation is 1. The molecule has 2 aromatic rings. The molecule has 0 unspecified atom stereocenters. The number of carbonyl (C=O) groups is 1. The van der Waals surface area contributed by atoms with Gasteiger partial charge in [-0.15, -0.1) is 0 Å². The number of halogens is 3. The molecule has 0 saturated heterocycles. The number of carbonyl (C=O) groups excluding carboxylic acids is 1. The molecule has 5 heteroatoms. The van der Waals surface area contributed by atoms with Gasteiger partial charge in [-0.3, -0.25) is 4.79 Å². The van der Waals surface area contributed by atoms with E-state index in [0.717, 1.165) is 9.13 Å². The first-order chi connectivity index (χ1) is 8.97. The molecule has 0 spiro atoms. The lowest BCUT2D eigenvalue weighted by Crippen LogP contribution is -2.12. The van der Waals surface area contributed by atoms with E-state index in [9.17, 15) is 4.79 Å². The van der Waals surface area contributed by atoms with Crippen molar-refractivity contribution in [3.8, 4) is 0 Å². The van der Waals surface area contributed by atoms with E-state index < -0.39 is 0 Å². The highest BCUT2D eigenvalue weighted by Gasteiger charge is 2.08. The van der Waals surface area contributed by atoms with Gasteiger partial charge in [-0.25, -0.2) is 0 Å². The number of hydrogen-bond donors (Lipinski definition) is 1. The molecule has 2 nitrogen and oxygen atoms in total. The lowest BCUT2D eigenvalue weighted by molar-refractivity contribution is 0.102. The fourth-order valence-corrected chi connectivity index (χ4v) is 2.32. The van der Waals surface area contributed by atoms with E-state index in [2.05, 4.69) is 27.9 Å². The summed E-state index contributed by atoms with van der Waals surface area (Å²) in [7, 11) is 0. The molecule has 19 heavy (non-hydrogen) atoms. The fourth-order valence-electron chi connectivity index (χ4n) is 1.51. The zero-order chi connectivity index (χ0) is 14.0. The largest absolute Gasteiger partial charge is 0.322 e. The van der Waals surface area contributed by atoms with Crippen LogP contribution in [0, 0.1) is 10.5 Å². The predicted octanol–water partition coefficient (Wildman–Crippen LogP) is 5.16. The maximum absolute atomic E-state index is 12.1. The van der Waals surface area contributed by atoms with Gasteiger partial charge in [0.05, 0.1) is 10.0 Å². The summed E-state index contributed by atoms with van der Waals surface area (Å²) in [6.07, 6.45) is 0. The van der Waals surface area contributed by atoms with Crippen LogP contribution < -0.4 is 5.32 Å². The predicted molar refractivity (Wildman–Crippen MR) is 88.3 cm³/mol. The van der Waals surface area contributed by atoms with Crippen LogP contribution in [0.3, 0.4) is 0 Å². The Bertz CT molecular complexity index is 643. The van der Waals surface area contributed by atoms with Crippen molar-refractivity contribution in [2.75, 3.05) is 5.32 Å². The van der Waals surface area contributed by atoms with E-state index in [0.29, 0.717) is 21.3 Å². The van der Waals surface area contributed by atoms with Crippen molar-refractivity contribution in [2.45, 2.75) is 6.92 Å². The summed E-state index contributed by atoms with van der Waals surface area (Å²) in [6.45, 7) is 2.00. The van der Waals surface area contributed by atoms with Gasteiger partial charge in [-0.1, -0.05) is 29.3 Å². The molecular weight excluding hydrogens is 396 g/mol. The van der Waals surface area contributed by atoms with Crippen molar-refractivity contribution >= 4 is 57.4 Å². The van der Waals surface area contributed by atoms with E-state index in [1.54, 1.807) is 24.3 Å². The van der Waals surface area contributed by atoms with Crippen molar-refractivity contribution in [3.05, 3.63) is 61.1 Å². The molecule has 0 aliphatic heterocycles. The van der Waals surface area contributed by atoms with Gasteiger partial charge in [0, 0.05) is 14.8 Å². The first-order valence-electron chi connectivity index (χ1n) is 5.50. The topological polar surface area (TPSA) is 29.1 Å². The Morgan fingerprint density at radius 2 is 1.84 bits per heavy atom. The number of nitrogens with one attached hydrogen (secondary N) is 1. The number of benzene rings is 2. The van der Waals surface area contributed by atoms with Crippen LogP contribution in [0.25, 0.3) is 0 Å². The zero-order valence-electron chi connectivity index (χ0n) is 10.0. The number of rotatable bonds is 2. The summed E-state index contributed by atoms with van der Waals surface area (Å²) in [5.41, 5.74) is 2.38. The average molecular weight is 406 g/mol. The summed E-state index contributed by atoms with van der Waals surface area (Å²) in [6, 6.07) is 10.6. The molecule has 0 aromatic heterocycles. The van der Waals surface area contributed by atoms with E-state index in [-0.39, 0.29) is 5.91 Å². The number of anilines is 1. The highest BCUT2D eigenvalue weighted by Crippen LogP contribution is 2.25. The molecule has 0 bridgehead atoms. The van der Waals surface area contributed by atoms with E-state index in [1.165, 1.54) is 0 Å². The molecule has 0 saturated carbocycles. The van der Waals surface area contributed by atoms with Gasteiger partial charge in [0.1, 0.15) is 0 Å². The molecule has 0 aliphatic rings. The van der Waals surface area contributed by atoms with Crippen molar-refractivity contribution in [1.29, 1.82) is 0 Å². The maximum Gasteiger partial charge on any atom is 0.255 e. The van der Waals surface area contributed by atoms with Crippen LogP contribution in [0.1, 0.15) is 15.9 Å². The quantitative estimate of drug-likeness (QED) is 0.687. The van der Waals surface area contributed by atoms with Gasteiger partial charge in [-0.2, -0.15) is 0 Å². The summed E-state index contributed by atoms with van der Waals surface area (Å²) in [5.74, 6) is -0.170. The monoisotopic (exact) mass is 405 g/mol. The van der Waals surface area contributed by atoms with Gasteiger partial charge in [0.2, 0.25) is 0 Å². The molecule has 0 aliphatic carbocycles. The summed E-state index contributed by atoms with van der Waals surface area (Å²) < 4.78 is 1.05. The SMILES string of the molecule is Cc1ccc(C(=O)Nc2ccc(Cl)c(Cl)c2)cc1I. The number of amides is 1. The molecule has 98 valence electrons. The molecule has 1 N–H and O–H groups in total. The highest BCUT2D eigenvalue weighted by molar-refractivity contribution is 14.1. The van der Waals surface area contributed by atoms with E-state index >= 15 is 0 Å². The molecule has 1 amide bonds. The molecular formula is C14H10Cl2INO. The average Bonchev–Trinajstić information content (AvgIpc) is 2.37. The van der Waals surface area contributed by atoms with Crippen molar-refractivity contribution in [3.63, 3.8) is 0 Å². The Labute approximate surface area is 135 Å². The summed E-state index contributed by atoms with van der Waals surface area (Å²) in [5, 5.41) is 3.66. The van der Waals surface area contributed by atoms with Crippen LogP contribution in [0.2, 0.25) is 10.0 Å². The van der Waals surface area contributed by atoms with Gasteiger partial charge in [-0.05, 0) is 65.4 Å².